The summed E-state index contributed by atoms with van der Waals surface area (Å²) < 4.78 is 10.4. The topological polar surface area (TPSA) is 76.7 Å². The molecule has 0 spiro atoms. The van der Waals surface area contributed by atoms with Gasteiger partial charge in [0, 0.05) is 13.1 Å². The molecule has 1 aliphatic rings. The van der Waals surface area contributed by atoms with Gasteiger partial charge in [-0.2, -0.15) is 0 Å². The van der Waals surface area contributed by atoms with Gasteiger partial charge in [0.25, 0.3) is 0 Å². The largest absolute Gasteiger partial charge is 0.458 e. The van der Waals surface area contributed by atoms with E-state index in [1.54, 1.807) is 20.8 Å². The van der Waals surface area contributed by atoms with Crippen molar-refractivity contribution < 1.29 is 19.1 Å². The number of alkyl carbamates (subject to hydrolysis) is 1. The maximum Gasteiger partial charge on any atom is 0.408 e. The van der Waals surface area contributed by atoms with Gasteiger partial charge < -0.3 is 20.1 Å². The lowest BCUT2D eigenvalue weighted by Gasteiger charge is -2.30. The smallest absolute Gasteiger partial charge is 0.408 e. The molecule has 0 saturated carbocycles. The second kappa shape index (κ2) is 6.23. The molecule has 0 aromatic rings. The molecule has 0 aromatic carbocycles. The lowest BCUT2D eigenvalue weighted by atomic mass is 10.0. The molecule has 19 heavy (non-hydrogen) atoms. The van der Waals surface area contributed by atoms with Crippen molar-refractivity contribution in [2.24, 2.45) is 5.92 Å². The van der Waals surface area contributed by atoms with Crippen molar-refractivity contribution in [1.29, 1.82) is 0 Å². The van der Waals surface area contributed by atoms with Crippen LogP contribution in [0.4, 0.5) is 4.79 Å². The van der Waals surface area contributed by atoms with Gasteiger partial charge in [-0.3, -0.25) is 0 Å². The minimum Gasteiger partial charge on any atom is -0.458 e. The molecule has 1 rings (SSSR count). The lowest BCUT2D eigenvalue weighted by molar-refractivity contribution is -0.155. The van der Waals surface area contributed by atoms with Crippen LogP contribution in [0.3, 0.4) is 0 Å². The highest BCUT2D eigenvalue weighted by Gasteiger charge is 2.31. The highest BCUT2D eigenvalue weighted by atomic mass is 16.6. The fraction of sp³-hybridized carbons (Fsp3) is 0.846. The van der Waals surface area contributed by atoms with Gasteiger partial charge in [-0.15, -0.1) is 0 Å². The monoisotopic (exact) mass is 272 g/mol. The van der Waals surface area contributed by atoms with E-state index in [-0.39, 0.29) is 12.0 Å². The molecule has 1 amide bonds. The van der Waals surface area contributed by atoms with Crippen LogP contribution in [0.15, 0.2) is 0 Å². The average Bonchev–Trinajstić information content (AvgIpc) is 2.16. The van der Waals surface area contributed by atoms with Crippen LogP contribution in [-0.2, 0) is 14.3 Å². The zero-order chi connectivity index (χ0) is 14.6. The molecule has 0 aromatic heterocycles. The summed E-state index contributed by atoms with van der Waals surface area (Å²) in [6.07, 6.45) is -0.691. The summed E-state index contributed by atoms with van der Waals surface area (Å²) in [6, 6.07) is -0.685. The Balaban J connectivity index is 2.51. The first-order valence-corrected chi connectivity index (χ1v) is 6.60. The quantitative estimate of drug-likeness (QED) is 0.748. The number of rotatable bonds is 4. The van der Waals surface area contributed by atoms with Crippen LogP contribution in [0.2, 0.25) is 0 Å². The number of amides is 1. The molecule has 6 nitrogen and oxygen atoms in total. The molecule has 0 radical (unpaired) electrons. The molecule has 1 unspecified atom stereocenters. The summed E-state index contributed by atoms with van der Waals surface area (Å²) in [5, 5.41) is 5.59. The highest BCUT2D eigenvalue weighted by molar-refractivity contribution is 5.81. The molecule has 1 aliphatic heterocycles. The van der Waals surface area contributed by atoms with Gasteiger partial charge in [0.2, 0.25) is 0 Å². The van der Waals surface area contributed by atoms with E-state index in [0.29, 0.717) is 13.1 Å². The first kappa shape index (κ1) is 15.8. The standard InChI is InChI=1S/C13H24N2O4/c1-8(2)10(11(16)18-9-6-14-7-9)15-12(17)19-13(3,4)5/h8-10,14H,6-7H2,1-5H3,(H,15,17). The van der Waals surface area contributed by atoms with Crippen LogP contribution in [0.5, 0.6) is 0 Å². The molecule has 1 heterocycles. The van der Waals surface area contributed by atoms with Crippen LogP contribution in [0, 0.1) is 5.92 Å². The Hall–Kier alpha value is -1.30. The number of nitrogens with one attached hydrogen (secondary N) is 2. The Bertz CT molecular complexity index is 332. The van der Waals surface area contributed by atoms with Gasteiger partial charge in [-0.25, -0.2) is 9.59 Å². The number of ether oxygens (including phenoxy) is 2. The predicted molar refractivity (Wildman–Crippen MR) is 70.7 cm³/mol. The summed E-state index contributed by atoms with van der Waals surface area (Å²) in [7, 11) is 0. The highest BCUT2D eigenvalue weighted by Crippen LogP contribution is 2.11. The van der Waals surface area contributed by atoms with E-state index in [1.165, 1.54) is 0 Å². The van der Waals surface area contributed by atoms with E-state index in [4.69, 9.17) is 9.47 Å². The average molecular weight is 272 g/mol. The summed E-state index contributed by atoms with van der Waals surface area (Å²) in [5.41, 5.74) is -0.590. The van der Waals surface area contributed by atoms with Crippen LogP contribution in [0.1, 0.15) is 34.6 Å². The van der Waals surface area contributed by atoms with Crippen molar-refractivity contribution in [2.75, 3.05) is 13.1 Å². The van der Waals surface area contributed by atoms with Crippen LogP contribution < -0.4 is 10.6 Å². The number of carbonyl (C=O) groups excluding carboxylic acids is 2. The van der Waals surface area contributed by atoms with Gasteiger partial charge in [0.1, 0.15) is 17.7 Å². The minimum atomic E-state index is -0.685. The van der Waals surface area contributed by atoms with E-state index in [0.717, 1.165) is 0 Å². The number of esters is 1. The van der Waals surface area contributed by atoms with E-state index in [1.807, 2.05) is 13.8 Å². The second-order valence-corrected chi connectivity index (χ2v) is 6.09. The Labute approximate surface area is 114 Å². The third-order valence-electron chi connectivity index (χ3n) is 2.62. The van der Waals surface area contributed by atoms with Crippen LogP contribution >= 0.6 is 0 Å². The maximum atomic E-state index is 12.0. The predicted octanol–water partition coefficient (Wildman–Crippen LogP) is 1.05. The summed E-state index contributed by atoms with van der Waals surface area (Å²) in [4.78, 5) is 23.7. The van der Waals surface area contributed by atoms with Crippen molar-refractivity contribution in [1.82, 2.24) is 10.6 Å². The first-order valence-electron chi connectivity index (χ1n) is 6.60. The Kier molecular flexibility index (Phi) is 5.17. The van der Waals surface area contributed by atoms with Crippen LogP contribution in [-0.4, -0.2) is 42.9 Å². The zero-order valence-electron chi connectivity index (χ0n) is 12.3. The van der Waals surface area contributed by atoms with Crippen molar-refractivity contribution in [3.63, 3.8) is 0 Å². The molecule has 0 bridgehead atoms. The molecule has 110 valence electrons. The SMILES string of the molecule is CC(C)C(NC(=O)OC(C)(C)C)C(=O)OC1CNC1. The zero-order valence-corrected chi connectivity index (χ0v) is 12.3. The minimum absolute atomic E-state index is 0.0620. The number of hydrogen-bond donors (Lipinski definition) is 2. The first-order chi connectivity index (χ1) is 8.69. The van der Waals surface area contributed by atoms with Gasteiger partial charge in [0.05, 0.1) is 0 Å². The van der Waals surface area contributed by atoms with Crippen LogP contribution in [0.25, 0.3) is 0 Å². The molecule has 1 saturated heterocycles. The van der Waals surface area contributed by atoms with Gasteiger partial charge >= 0.3 is 12.1 Å². The van der Waals surface area contributed by atoms with E-state index < -0.39 is 23.7 Å². The van der Waals surface area contributed by atoms with E-state index >= 15 is 0 Å². The summed E-state index contributed by atoms with van der Waals surface area (Å²) in [6.45, 7) is 10.4. The van der Waals surface area contributed by atoms with Crippen molar-refractivity contribution >= 4 is 12.1 Å². The van der Waals surface area contributed by atoms with Gasteiger partial charge in [-0.05, 0) is 26.7 Å². The van der Waals surface area contributed by atoms with E-state index in [9.17, 15) is 9.59 Å². The third kappa shape index (κ3) is 5.46. The van der Waals surface area contributed by atoms with Crippen molar-refractivity contribution in [3.05, 3.63) is 0 Å². The maximum absolute atomic E-state index is 12.0. The Morgan fingerprint density at radius 3 is 2.21 bits per heavy atom. The molecule has 1 fully saturated rings. The van der Waals surface area contributed by atoms with Crippen molar-refractivity contribution in [3.8, 4) is 0 Å². The van der Waals surface area contributed by atoms with Gasteiger partial charge in [-0.1, -0.05) is 13.8 Å². The molecule has 1 atom stereocenters. The molecule has 6 heteroatoms. The fourth-order valence-corrected chi connectivity index (χ4v) is 1.52. The fourth-order valence-electron chi connectivity index (χ4n) is 1.52. The third-order valence-corrected chi connectivity index (χ3v) is 2.62. The van der Waals surface area contributed by atoms with Crippen molar-refractivity contribution in [2.45, 2.75) is 52.4 Å². The number of hydrogen-bond acceptors (Lipinski definition) is 5. The second-order valence-electron chi connectivity index (χ2n) is 6.09. The molecule has 0 aliphatic carbocycles. The molecule has 2 N–H and O–H groups in total. The van der Waals surface area contributed by atoms with E-state index in [2.05, 4.69) is 10.6 Å². The number of carbonyl (C=O) groups is 2. The summed E-state index contributed by atoms with van der Waals surface area (Å²) >= 11 is 0. The Morgan fingerprint density at radius 2 is 1.84 bits per heavy atom. The molecular weight excluding hydrogens is 248 g/mol. The Morgan fingerprint density at radius 1 is 1.26 bits per heavy atom. The normalized spacial score (nSPS) is 17.6. The molecular formula is C13H24N2O4. The lowest BCUT2D eigenvalue weighted by Crippen LogP contribution is -2.53. The summed E-state index contributed by atoms with van der Waals surface area (Å²) in [5.74, 6) is -0.472. The van der Waals surface area contributed by atoms with Gasteiger partial charge in [0.15, 0.2) is 0 Å².